The van der Waals surface area contributed by atoms with Gasteiger partial charge >= 0.3 is 0 Å². The molecule has 0 saturated carbocycles. The van der Waals surface area contributed by atoms with Crippen LogP contribution in [0.5, 0.6) is 0 Å². The number of thiocarbonyl (C=S) groups is 1. The van der Waals surface area contributed by atoms with Crippen molar-refractivity contribution < 1.29 is 12.8 Å². The van der Waals surface area contributed by atoms with E-state index in [0.29, 0.717) is 11.1 Å². The molecule has 100 valence electrons. The maximum absolute atomic E-state index is 13.1. The van der Waals surface area contributed by atoms with E-state index in [0.717, 1.165) is 0 Å². The van der Waals surface area contributed by atoms with Crippen molar-refractivity contribution in [2.24, 2.45) is 5.73 Å². The van der Waals surface area contributed by atoms with E-state index in [4.69, 9.17) is 5.73 Å². The predicted octanol–water partition coefficient (Wildman–Crippen LogP) is 1.40. The van der Waals surface area contributed by atoms with Crippen molar-refractivity contribution in [2.45, 2.75) is 25.2 Å². The van der Waals surface area contributed by atoms with Gasteiger partial charge in [-0.2, -0.15) is 0 Å². The van der Waals surface area contributed by atoms with Crippen molar-refractivity contribution in [3.05, 3.63) is 29.1 Å². The Morgan fingerprint density at radius 3 is 2.33 bits per heavy atom. The second-order valence-electron chi connectivity index (χ2n) is 3.98. The average Bonchev–Trinajstić information content (AvgIpc) is 2.13. The quantitative estimate of drug-likeness (QED) is 0.804. The van der Waals surface area contributed by atoms with Crippen molar-refractivity contribution in [3.63, 3.8) is 0 Å². The van der Waals surface area contributed by atoms with Crippen LogP contribution >= 0.6 is 12.2 Å². The minimum absolute atomic E-state index is 0.104. The third kappa shape index (κ3) is 3.72. The fourth-order valence-corrected chi connectivity index (χ4v) is 3.28. The first-order chi connectivity index (χ1) is 8.24. The monoisotopic (exact) mass is 290 g/mol. The maximum atomic E-state index is 13.1. The van der Waals surface area contributed by atoms with Crippen LogP contribution in [-0.2, 0) is 10.0 Å². The molecule has 0 aromatic heterocycles. The minimum Gasteiger partial charge on any atom is -0.393 e. The van der Waals surface area contributed by atoms with Gasteiger partial charge in [0.1, 0.15) is 5.82 Å². The molecule has 0 radical (unpaired) electrons. The summed E-state index contributed by atoms with van der Waals surface area (Å²) in [6.45, 7) is 3.24. The Kier molecular flexibility index (Phi) is 4.78. The summed E-state index contributed by atoms with van der Waals surface area (Å²) in [5.41, 5.74) is 6.03. The summed E-state index contributed by atoms with van der Waals surface area (Å²) in [5, 5.41) is 0. The standard InChI is InChI=1S/C11H15FN2O2S2/c1-7-5-9(12)6-8(2)11(7)18(15,16)14-4-3-10(13)17/h5-6,14H,3-4H2,1-2H3,(H2,13,17). The molecular formula is C11H15FN2O2S2. The summed E-state index contributed by atoms with van der Waals surface area (Å²) in [4.78, 5) is 0.345. The van der Waals surface area contributed by atoms with E-state index < -0.39 is 15.8 Å². The number of aryl methyl sites for hydroxylation is 2. The first kappa shape index (κ1) is 15.0. The van der Waals surface area contributed by atoms with Gasteiger partial charge < -0.3 is 5.73 Å². The second-order valence-corrected chi connectivity index (χ2v) is 6.21. The zero-order valence-electron chi connectivity index (χ0n) is 10.2. The maximum Gasteiger partial charge on any atom is 0.241 e. The zero-order valence-corrected chi connectivity index (χ0v) is 11.8. The van der Waals surface area contributed by atoms with Crippen LogP contribution in [0.15, 0.2) is 17.0 Å². The molecular weight excluding hydrogens is 275 g/mol. The van der Waals surface area contributed by atoms with Crippen LogP contribution in [0.4, 0.5) is 4.39 Å². The lowest BCUT2D eigenvalue weighted by Crippen LogP contribution is -2.28. The topological polar surface area (TPSA) is 72.2 Å². The van der Waals surface area contributed by atoms with E-state index in [-0.39, 0.29) is 22.8 Å². The Bertz CT molecular complexity index is 547. The fraction of sp³-hybridized carbons (Fsp3) is 0.364. The molecule has 1 aromatic carbocycles. The first-order valence-electron chi connectivity index (χ1n) is 5.29. The van der Waals surface area contributed by atoms with Crippen molar-refractivity contribution in [1.29, 1.82) is 0 Å². The smallest absolute Gasteiger partial charge is 0.241 e. The van der Waals surface area contributed by atoms with Gasteiger partial charge in [-0.15, -0.1) is 0 Å². The Morgan fingerprint density at radius 1 is 1.39 bits per heavy atom. The molecule has 0 fully saturated rings. The Morgan fingerprint density at radius 2 is 1.89 bits per heavy atom. The number of sulfonamides is 1. The summed E-state index contributed by atoms with van der Waals surface area (Å²) >= 11 is 4.66. The molecule has 3 N–H and O–H groups in total. The van der Waals surface area contributed by atoms with Gasteiger partial charge in [0.2, 0.25) is 10.0 Å². The molecule has 0 amide bonds. The number of nitrogens with one attached hydrogen (secondary N) is 1. The van der Waals surface area contributed by atoms with Crippen molar-refractivity contribution >= 4 is 27.2 Å². The lowest BCUT2D eigenvalue weighted by Gasteiger charge is -2.12. The van der Waals surface area contributed by atoms with Gasteiger partial charge in [-0.1, -0.05) is 12.2 Å². The predicted molar refractivity (Wildman–Crippen MR) is 72.5 cm³/mol. The van der Waals surface area contributed by atoms with Crippen LogP contribution in [0.25, 0.3) is 0 Å². The van der Waals surface area contributed by atoms with Crippen LogP contribution in [0, 0.1) is 19.7 Å². The second kappa shape index (κ2) is 5.73. The third-order valence-electron chi connectivity index (χ3n) is 2.36. The molecule has 0 aliphatic heterocycles. The molecule has 0 saturated heterocycles. The van der Waals surface area contributed by atoms with E-state index in [1.54, 1.807) is 13.8 Å². The van der Waals surface area contributed by atoms with Crippen molar-refractivity contribution in [2.75, 3.05) is 6.54 Å². The van der Waals surface area contributed by atoms with Crippen LogP contribution in [0.1, 0.15) is 17.5 Å². The SMILES string of the molecule is Cc1cc(F)cc(C)c1S(=O)(=O)NCCC(N)=S. The van der Waals surface area contributed by atoms with Gasteiger partial charge in [0, 0.05) is 13.0 Å². The number of benzene rings is 1. The van der Waals surface area contributed by atoms with Crippen LogP contribution in [0.3, 0.4) is 0 Å². The number of halogens is 1. The highest BCUT2D eigenvalue weighted by atomic mass is 32.2. The molecule has 7 heteroatoms. The number of nitrogens with two attached hydrogens (primary N) is 1. The lowest BCUT2D eigenvalue weighted by atomic mass is 10.1. The largest absolute Gasteiger partial charge is 0.393 e. The fourth-order valence-electron chi connectivity index (χ4n) is 1.70. The molecule has 0 spiro atoms. The summed E-state index contributed by atoms with van der Waals surface area (Å²) in [7, 11) is -3.67. The van der Waals surface area contributed by atoms with Crippen LogP contribution in [-0.4, -0.2) is 20.0 Å². The summed E-state index contributed by atoms with van der Waals surface area (Å²) < 4.78 is 39.6. The van der Waals surface area contributed by atoms with Gasteiger partial charge in [-0.05, 0) is 37.1 Å². The molecule has 0 unspecified atom stereocenters. The zero-order chi connectivity index (χ0) is 13.9. The highest BCUT2D eigenvalue weighted by Gasteiger charge is 2.19. The van der Waals surface area contributed by atoms with Gasteiger partial charge in [0.15, 0.2) is 0 Å². The van der Waals surface area contributed by atoms with Gasteiger partial charge in [0.05, 0.1) is 9.88 Å². The molecule has 1 rings (SSSR count). The third-order valence-corrected chi connectivity index (χ3v) is 4.33. The highest BCUT2D eigenvalue weighted by Crippen LogP contribution is 2.21. The molecule has 4 nitrogen and oxygen atoms in total. The molecule has 0 heterocycles. The Labute approximate surface area is 111 Å². The minimum atomic E-state index is -3.67. The Hall–Kier alpha value is -1.05. The van der Waals surface area contributed by atoms with E-state index in [2.05, 4.69) is 16.9 Å². The van der Waals surface area contributed by atoms with E-state index in [9.17, 15) is 12.8 Å². The first-order valence-corrected chi connectivity index (χ1v) is 7.18. The van der Waals surface area contributed by atoms with Crippen molar-refractivity contribution in [1.82, 2.24) is 4.72 Å². The summed E-state index contributed by atoms with van der Waals surface area (Å²) in [5.74, 6) is -0.452. The van der Waals surface area contributed by atoms with E-state index in [1.807, 2.05) is 0 Å². The molecule has 0 aliphatic rings. The van der Waals surface area contributed by atoms with Crippen LogP contribution < -0.4 is 10.5 Å². The summed E-state index contributed by atoms with van der Waals surface area (Å²) in [6.07, 6.45) is 0.286. The van der Waals surface area contributed by atoms with Gasteiger partial charge in [0.25, 0.3) is 0 Å². The lowest BCUT2D eigenvalue weighted by molar-refractivity contribution is 0.580. The average molecular weight is 290 g/mol. The van der Waals surface area contributed by atoms with Gasteiger partial charge in [-0.25, -0.2) is 17.5 Å². The van der Waals surface area contributed by atoms with Gasteiger partial charge in [-0.3, -0.25) is 0 Å². The van der Waals surface area contributed by atoms with E-state index in [1.165, 1.54) is 12.1 Å². The molecule has 1 aromatic rings. The molecule has 0 atom stereocenters. The Balaban J connectivity index is 3.02. The molecule has 18 heavy (non-hydrogen) atoms. The number of hydrogen-bond donors (Lipinski definition) is 2. The van der Waals surface area contributed by atoms with E-state index >= 15 is 0 Å². The van der Waals surface area contributed by atoms with Crippen LogP contribution in [0.2, 0.25) is 0 Å². The normalized spacial score (nSPS) is 11.5. The summed E-state index contributed by atoms with van der Waals surface area (Å²) in [6, 6.07) is 2.38. The molecule has 0 bridgehead atoms. The van der Waals surface area contributed by atoms with Crippen molar-refractivity contribution in [3.8, 4) is 0 Å². The number of rotatable bonds is 5. The number of hydrogen-bond acceptors (Lipinski definition) is 3. The molecule has 0 aliphatic carbocycles. The highest BCUT2D eigenvalue weighted by molar-refractivity contribution is 7.89.